The second-order valence-electron chi connectivity index (χ2n) is 6.34. The van der Waals surface area contributed by atoms with Crippen LogP contribution in [0.1, 0.15) is 12.0 Å². The van der Waals surface area contributed by atoms with Crippen molar-refractivity contribution in [3.05, 3.63) is 58.6 Å². The molecule has 5 nitrogen and oxygen atoms in total. The molecule has 2 aromatic rings. The fourth-order valence-corrected chi connectivity index (χ4v) is 3.21. The summed E-state index contributed by atoms with van der Waals surface area (Å²) in [5.74, 6) is 0.330. The highest BCUT2D eigenvalue weighted by Crippen LogP contribution is 2.26. The van der Waals surface area contributed by atoms with Crippen LogP contribution in [0.15, 0.2) is 53.0 Å². The van der Waals surface area contributed by atoms with Gasteiger partial charge in [0, 0.05) is 23.1 Å². The van der Waals surface area contributed by atoms with Crippen LogP contribution in [0.25, 0.3) is 0 Å². The predicted octanol–water partition coefficient (Wildman–Crippen LogP) is 3.31. The first-order chi connectivity index (χ1) is 12.5. The van der Waals surface area contributed by atoms with Gasteiger partial charge in [-0.1, -0.05) is 28.1 Å². The van der Waals surface area contributed by atoms with Gasteiger partial charge < -0.3 is 15.0 Å². The Labute approximate surface area is 161 Å². The van der Waals surface area contributed by atoms with Gasteiger partial charge in [0.15, 0.2) is 0 Å². The molecular formula is C20H21BrN2O3. The Morgan fingerprint density at radius 2 is 2.04 bits per heavy atom. The lowest BCUT2D eigenvalue weighted by Gasteiger charge is -2.17. The number of ether oxygens (including phenoxy) is 1. The van der Waals surface area contributed by atoms with Gasteiger partial charge in [0.05, 0.1) is 12.5 Å². The molecule has 0 saturated carbocycles. The number of nitrogens with zero attached hydrogens (tertiary/aromatic N) is 1. The molecule has 0 unspecified atom stereocenters. The predicted molar refractivity (Wildman–Crippen MR) is 104 cm³/mol. The van der Waals surface area contributed by atoms with Gasteiger partial charge >= 0.3 is 0 Å². The third kappa shape index (κ3) is 4.64. The van der Waals surface area contributed by atoms with Gasteiger partial charge in [-0.25, -0.2) is 0 Å². The van der Waals surface area contributed by atoms with Crippen LogP contribution < -0.4 is 15.0 Å². The van der Waals surface area contributed by atoms with Crippen molar-refractivity contribution in [2.45, 2.75) is 13.3 Å². The van der Waals surface area contributed by atoms with Crippen LogP contribution in [-0.4, -0.2) is 31.5 Å². The summed E-state index contributed by atoms with van der Waals surface area (Å²) in [5.41, 5.74) is 1.94. The molecule has 1 saturated heterocycles. The summed E-state index contributed by atoms with van der Waals surface area (Å²) in [7, 11) is 0. The quantitative estimate of drug-likeness (QED) is 0.734. The van der Waals surface area contributed by atoms with Crippen LogP contribution in [0.3, 0.4) is 0 Å². The lowest BCUT2D eigenvalue weighted by molar-refractivity contribution is -0.126. The van der Waals surface area contributed by atoms with E-state index in [1.54, 1.807) is 4.90 Å². The summed E-state index contributed by atoms with van der Waals surface area (Å²) in [6, 6.07) is 15.3. The Morgan fingerprint density at radius 3 is 2.77 bits per heavy atom. The van der Waals surface area contributed by atoms with Gasteiger partial charge in [-0.2, -0.15) is 0 Å². The van der Waals surface area contributed by atoms with Gasteiger partial charge in [-0.3, -0.25) is 9.59 Å². The SMILES string of the molecule is Cc1cccc(OCCNC(=O)[C@H]2CC(=O)N(c3ccc(Br)cc3)C2)c1. The topological polar surface area (TPSA) is 58.6 Å². The monoisotopic (exact) mass is 416 g/mol. The zero-order chi connectivity index (χ0) is 18.5. The van der Waals surface area contributed by atoms with Crippen LogP contribution in [-0.2, 0) is 9.59 Å². The molecule has 0 bridgehead atoms. The number of aryl methyl sites for hydroxylation is 1. The fraction of sp³-hybridized carbons (Fsp3) is 0.300. The maximum atomic E-state index is 12.3. The van der Waals surface area contributed by atoms with E-state index in [9.17, 15) is 9.59 Å². The number of amides is 2. The highest BCUT2D eigenvalue weighted by Gasteiger charge is 2.34. The lowest BCUT2D eigenvalue weighted by atomic mass is 10.1. The minimum absolute atomic E-state index is 0.0246. The first-order valence-electron chi connectivity index (χ1n) is 8.56. The molecular weight excluding hydrogens is 396 g/mol. The van der Waals surface area contributed by atoms with E-state index in [0.29, 0.717) is 19.7 Å². The molecule has 0 aliphatic carbocycles. The zero-order valence-corrected chi connectivity index (χ0v) is 16.2. The number of carbonyl (C=O) groups excluding carboxylic acids is 2. The Kier molecular flexibility index (Phi) is 5.93. The molecule has 1 aliphatic rings. The molecule has 2 amide bonds. The molecule has 136 valence electrons. The smallest absolute Gasteiger partial charge is 0.227 e. The van der Waals surface area contributed by atoms with Crippen LogP contribution in [0, 0.1) is 12.8 Å². The van der Waals surface area contributed by atoms with E-state index >= 15 is 0 Å². The molecule has 2 aromatic carbocycles. The number of rotatable bonds is 6. The van der Waals surface area contributed by atoms with E-state index < -0.39 is 0 Å². The number of benzene rings is 2. The minimum Gasteiger partial charge on any atom is -0.492 e. The van der Waals surface area contributed by atoms with Crippen molar-refractivity contribution in [3.8, 4) is 5.75 Å². The standard InChI is InChI=1S/C20H21BrN2O3/c1-14-3-2-4-18(11-14)26-10-9-22-20(25)15-12-19(24)23(13-15)17-7-5-16(21)6-8-17/h2-8,11,15H,9-10,12-13H2,1H3,(H,22,25)/t15-/m0/s1. The van der Waals surface area contributed by atoms with Crippen molar-refractivity contribution in [3.63, 3.8) is 0 Å². The summed E-state index contributed by atoms with van der Waals surface area (Å²) >= 11 is 3.38. The van der Waals surface area contributed by atoms with Gasteiger partial charge in [-0.15, -0.1) is 0 Å². The zero-order valence-electron chi connectivity index (χ0n) is 14.6. The van der Waals surface area contributed by atoms with Crippen LogP contribution >= 0.6 is 15.9 Å². The van der Waals surface area contributed by atoms with Crippen molar-refractivity contribution in [1.82, 2.24) is 5.32 Å². The molecule has 6 heteroatoms. The van der Waals surface area contributed by atoms with Gasteiger partial charge in [-0.05, 0) is 48.9 Å². The van der Waals surface area contributed by atoms with E-state index in [1.807, 2.05) is 55.5 Å². The number of hydrogen-bond acceptors (Lipinski definition) is 3. The van der Waals surface area contributed by atoms with Crippen LogP contribution in [0.4, 0.5) is 5.69 Å². The summed E-state index contributed by atoms with van der Waals surface area (Å²) in [4.78, 5) is 26.2. The number of hydrogen-bond donors (Lipinski definition) is 1. The first-order valence-corrected chi connectivity index (χ1v) is 9.35. The van der Waals surface area contributed by atoms with E-state index in [0.717, 1.165) is 21.5 Å². The van der Waals surface area contributed by atoms with E-state index in [4.69, 9.17) is 4.74 Å². The average Bonchev–Trinajstić information content (AvgIpc) is 3.01. The van der Waals surface area contributed by atoms with Crippen molar-refractivity contribution in [2.24, 2.45) is 5.92 Å². The number of halogens is 1. The number of nitrogens with one attached hydrogen (secondary N) is 1. The third-order valence-corrected chi connectivity index (χ3v) is 4.82. The van der Waals surface area contributed by atoms with E-state index in [2.05, 4.69) is 21.2 Å². The fourth-order valence-electron chi connectivity index (χ4n) is 2.95. The highest BCUT2D eigenvalue weighted by atomic mass is 79.9. The Morgan fingerprint density at radius 1 is 1.27 bits per heavy atom. The maximum absolute atomic E-state index is 12.3. The summed E-state index contributed by atoms with van der Waals surface area (Å²) in [6.45, 7) is 3.22. The molecule has 26 heavy (non-hydrogen) atoms. The van der Waals surface area contributed by atoms with Gasteiger partial charge in [0.25, 0.3) is 0 Å². The van der Waals surface area contributed by atoms with Crippen molar-refractivity contribution < 1.29 is 14.3 Å². The number of carbonyl (C=O) groups is 2. The average molecular weight is 417 g/mol. The Balaban J connectivity index is 1.46. The second kappa shape index (κ2) is 8.36. The highest BCUT2D eigenvalue weighted by molar-refractivity contribution is 9.10. The molecule has 0 radical (unpaired) electrons. The van der Waals surface area contributed by atoms with E-state index in [-0.39, 0.29) is 24.2 Å². The summed E-state index contributed by atoms with van der Waals surface area (Å²) in [5, 5.41) is 2.86. The van der Waals surface area contributed by atoms with Gasteiger partial charge in [0.2, 0.25) is 11.8 Å². The largest absolute Gasteiger partial charge is 0.492 e. The summed E-state index contributed by atoms with van der Waals surface area (Å²) in [6.07, 6.45) is 0.237. The van der Waals surface area contributed by atoms with E-state index in [1.165, 1.54) is 0 Å². The Bertz CT molecular complexity index is 792. The van der Waals surface area contributed by atoms with Crippen molar-refractivity contribution in [2.75, 3.05) is 24.6 Å². The van der Waals surface area contributed by atoms with Crippen molar-refractivity contribution in [1.29, 1.82) is 0 Å². The maximum Gasteiger partial charge on any atom is 0.227 e. The molecule has 1 fully saturated rings. The second-order valence-corrected chi connectivity index (χ2v) is 7.25. The van der Waals surface area contributed by atoms with Crippen LogP contribution in [0.2, 0.25) is 0 Å². The minimum atomic E-state index is -0.329. The number of anilines is 1. The van der Waals surface area contributed by atoms with Gasteiger partial charge in [0.1, 0.15) is 12.4 Å². The third-order valence-electron chi connectivity index (χ3n) is 4.29. The molecule has 1 N–H and O–H groups in total. The van der Waals surface area contributed by atoms with Crippen molar-refractivity contribution >= 4 is 33.4 Å². The molecule has 0 aromatic heterocycles. The Hall–Kier alpha value is -2.34. The first kappa shape index (κ1) is 18.5. The molecule has 3 rings (SSSR count). The molecule has 0 spiro atoms. The normalized spacial score (nSPS) is 16.6. The molecule has 1 heterocycles. The lowest BCUT2D eigenvalue weighted by Crippen LogP contribution is -2.35. The van der Waals surface area contributed by atoms with Crippen LogP contribution in [0.5, 0.6) is 5.75 Å². The molecule has 1 aliphatic heterocycles. The molecule has 1 atom stereocenters. The summed E-state index contributed by atoms with van der Waals surface area (Å²) < 4.78 is 6.58.